The molecular weight excluding hydrogens is 206 g/mol. The molecule has 1 aromatic carbocycles. The summed E-state index contributed by atoms with van der Waals surface area (Å²) in [7, 11) is 3.25. The Kier molecular flexibility index (Phi) is 2.78. The van der Waals surface area contributed by atoms with Gasteiger partial charge in [0.1, 0.15) is 0 Å². The van der Waals surface area contributed by atoms with Crippen LogP contribution >= 0.6 is 0 Å². The first-order valence-electron chi connectivity index (χ1n) is 5.20. The highest BCUT2D eigenvalue weighted by Crippen LogP contribution is 2.36. The van der Waals surface area contributed by atoms with Crippen LogP contribution in [0.5, 0.6) is 11.5 Å². The van der Waals surface area contributed by atoms with Gasteiger partial charge in [-0.2, -0.15) is 0 Å². The van der Waals surface area contributed by atoms with Crippen molar-refractivity contribution in [3.8, 4) is 11.5 Å². The van der Waals surface area contributed by atoms with E-state index in [9.17, 15) is 0 Å². The molecule has 1 heterocycles. The van der Waals surface area contributed by atoms with Gasteiger partial charge in [0.2, 0.25) is 0 Å². The van der Waals surface area contributed by atoms with Gasteiger partial charge in [0.25, 0.3) is 0 Å². The monoisotopic (exact) mass is 223 g/mol. The van der Waals surface area contributed by atoms with E-state index in [2.05, 4.69) is 0 Å². The predicted octanol–water partition coefficient (Wildman–Crippen LogP) is 1.20. The molecule has 16 heavy (non-hydrogen) atoms. The Labute approximate surface area is 95.3 Å². The molecule has 0 aliphatic carbocycles. The van der Waals surface area contributed by atoms with Crippen LogP contribution in [-0.2, 0) is 10.3 Å². The molecule has 0 amide bonds. The standard InChI is InChI=1S/C12H17NO3/c1-8-4-10(14-2)11(15-3)5-9(8)12(13)6-16-7-12/h4-5H,6-7,13H2,1-3H3. The Morgan fingerprint density at radius 3 is 2.19 bits per heavy atom. The van der Waals surface area contributed by atoms with Crippen molar-refractivity contribution < 1.29 is 14.2 Å². The molecule has 0 atom stereocenters. The Morgan fingerprint density at radius 2 is 1.75 bits per heavy atom. The summed E-state index contributed by atoms with van der Waals surface area (Å²) >= 11 is 0. The number of hydrogen-bond donors (Lipinski definition) is 1. The van der Waals surface area contributed by atoms with Crippen molar-refractivity contribution in [2.24, 2.45) is 5.73 Å². The summed E-state index contributed by atoms with van der Waals surface area (Å²) in [5.41, 5.74) is 8.01. The Bertz CT molecular complexity index is 399. The number of ether oxygens (including phenoxy) is 3. The average Bonchev–Trinajstić information content (AvgIpc) is 2.25. The summed E-state index contributed by atoms with van der Waals surface area (Å²) in [5, 5.41) is 0. The van der Waals surface area contributed by atoms with Crippen molar-refractivity contribution in [1.82, 2.24) is 0 Å². The number of methoxy groups -OCH3 is 2. The maximum Gasteiger partial charge on any atom is 0.161 e. The van der Waals surface area contributed by atoms with Crippen LogP contribution in [0.15, 0.2) is 12.1 Å². The molecule has 1 aliphatic rings. The highest BCUT2D eigenvalue weighted by Gasteiger charge is 2.37. The first kappa shape index (κ1) is 11.2. The van der Waals surface area contributed by atoms with Gasteiger partial charge in [-0.05, 0) is 30.2 Å². The fraction of sp³-hybridized carbons (Fsp3) is 0.500. The van der Waals surface area contributed by atoms with E-state index in [0.717, 1.165) is 16.9 Å². The van der Waals surface area contributed by atoms with Crippen LogP contribution in [0.25, 0.3) is 0 Å². The van der Waals surface area contributed by atoms with Gasteiger partial charge in [-0.15, -0.1) is 0 Å². The van der Waals surface area contributed by atoms with E-state index < -0.39 is 0 Å². The molecule has 0 unspecified atom stereocenters. The minimum absolute atomic E-state index is 0.371. The minimum Gasteiger partial charge on any atom is -0.493 e. The van der Waals surface area contributed by atoms with Crippen LogP contribution < -0.4 is 15.2 Å². The molecule has 0 spiro atoms. The summed E-state index contributed by atoms with van der Waals surface area (Å²) in [6.45, 7) is 3.14. The van der Waals surface area contributed by atoms with Gasteiger partial charge in [-0.25, -0.2) is 0 Å². The zero-order valence-corrected chi connectivity index (χ0v) is 9.87. The zero-order chi connectivity index (χ0) is 11.8. The molecule has 0 saturated carbocycles. The van der Waals surface area contributed by atoms with E-state index >= 15 is 0 Å². The molecule has 0 bridgehead atoms. The number of hydrogen-bond acceptors (Lipinski definition) is 4. The lowest BCUT2D eigenvalue weighted by Crippen LogP contribution is -2.54. The van der Waals surface area contributed by atoms with Crippen molar-refractivity contribution in [3.63, 3.8) is 0 Å². The molecule has 1 aromatic rings. The highest BCUT2D eigenvalue weighted by atomic mass is 16.5. The second-order valence-electron chi connectivity index (χ2n) is 4.17. The zero-order valence-electron chi connectivity index (χ0n) is 9.87. The topological polar surface area (TPSA) is 53.7 Å². The summed E-state index contributed by atoms with van der Waals surface area (Å²) in [6, 6.07) is 3.89. The van der Waals surface area contributed by atoms with E-state index in [4.69, 9.17) is 19.9 Å². The number of aryl methyl sites for hydroxylation is 1. The third-order valence-corrected chi connectivity index (χ3v) is 2.99. The van der Waals surface area contributed by atoms with Crippen molar-refractivity contribution in [2.45, 2.75) is 12.5 Å². The minimum atomic E-state index is -0.371. The van der Waals surface area contributed by atoms with Crippen molar-refractivity contribution in [3.05, 3.63) is 23.3 Å². The Morgan fingerprint density at radius 1 is 1.19 bits per heavy atom. The van der Waals surface area contributed by atoms with Crippen LogP contribution in [0.1, 0.15) is 11.1 Å². The van der Waals surface area contributed by atoms with E-state index in [0.29, 0.717) is 19.0 Å². The number of rotatable bonds is 3. The molecule has 0 aromatic heterocycles. The second-order valence-corrected chi connectivity index (χ2v) is 4.17. The highest BCUT2D eigenvalue weighted by molar-refractivity contribution is 5.49. The van der Waals surface area contributed by atoms with Gasteiger partial charge >= 0.3 is 0 Å². The molecular formula is C12H17NO3. The van der Waals surface area contributed by atoms with Crippen LogP contribution in [0.2, 0.25) is 0 Å². The van der Waals surface area contributed by atoms with E-state index in [1.54, 1.807) is 14.2 Å². The van der Waals surface area contributed by atoms with Crippen molar-refractivity contribution in [2.75, 3.05) is 27.4 Å². The Hall–Kier alpha value is -1.26. The molecule has 2 N–H and O–H groups in total. The van der Waals surface area contributed by atoms with Gasteiger partial charge in [-0.1, -0.05) is 0 Å². The SMILES string of the molecule is COc1cc(C)c(C2(N)COC2)cc1OC. The fourth-order valence-corrected chi connectivity index (χ4v) is 1.99. The Balaban J connectivity index is 2.46. The first-order valence-corrected chi connectivity index (χ1v) is 5.20. The van der Waals surface area contributed by atoms with Gasteiger partial charge in [0.05, 0.1) is 33.0 Å². The van der Waals surface area contributed by atoms with Gasteiger partial charge < -0.3 is 19.9 Å². The van der Waals surface area contributed by atoms with E-state index in [1.807, 2.05) is 19.1 Å². The molecule has 4 heteroatoms. The van der Waals surface area contributed by atoms with Crippen molar-refractivity contribution in [1.29, 1.82) is 0 Å². The summed E-state index contributed by atoms with van der Waals surface area (Å²) in [5.74, 6) is 1.44. The van der Waals surface area contributed by atoms with E-state index in [-0.39, 0.29) is 5.54 Å². The van der Waals surface area contributed by atoms with Crippen LogP contribution in [-0.4, -0.2) is 27.4 Å². The average molecular weight is 223 g/mol. The van der Waals surface area contributed by atoms with Gasteiger partial charge in [0, 0.05) is 0 Å². The molecule has 0 radical (unpaired) electrons. The normalized spacial score (nSPS) is 17.8. The number of benzene rings is 1. The van der Waals surface area contributed by atoms with Crippen LogP contribution in [0.3, 0.4) is 0 Å². The second kappa shape index (κ2) is 3.96. The lowest BCUT2D eigenvalue weighted by atomic mass is 9.86. The third kappa shape index (κ3) is 1.64. The van der Waals surface area contributed by atoms with Crippen LogP contribution in [0, 0.1) is 6.92 Å². The third-order valence-electron chi connectivity index (χ3n) is 2.99. The lowest BCUT2D eigenvalue weighted by Gasteiger charge is -2.39. The molecule has 4 nitrogen and oxygen atoms in total. The van der Waals surface area contributed by atoms with Gasteiger partial charge in [-0.3, -0.25) is 0 Å². The summed E-state index contributed by atoms with van der Waals surface area (Å²) in [6.07, 6.45) is 0. The van der Waals surface area contributed by atoms with E-state index in [1.165, 1.54) is 0 Å². The van der Waals surface area contributed by atoms with Gasteiger partial charge in [0.15, 0.2) is 11.5 Å². The summed E-state index contributed by atoms with van der Waals surface area (Å²) in [4.78, 5) is 0. The number of nitrogens with two attached hydrogens (primary N) is 1. The largest absolute Gasteiger partial charge is 0.493 e. The van der Waals surface area contributed by atoms with Crippen LogP contribution in [0.4, 0.5) is 0 Å². The first-order chi connectivity index (χ1) is 7.60. The lowest BCUT2D eigenvalue weighted by molar-refractivity contribution is -0.0573. The quantitative estimate of drug-likeness (QED) is 0.836. The molecule has 1 saturated heterocycles. The molecule has 1 fully saturated rings. The fourth-order valence-electron chi connectivity index (χ4n) is 1.99. The van der Waals surface area contributed by atoms with Crippen molar-refractivity contribution >= 4 is 0 Å². The smallest absolute Gasteiger partial charge is 0.161 e. The maximum absolute atomic E-state index is 6.22. The summed E-state index contributed by atoms with van der Waals surface area (Å²) < 4.78 is 15.7. The predicted molar refractivity (Wildman–Crippen MR) is 61.0 cm³/mol. The molecule has 2 rings (SSSR count). The molecule has 88 valence electrons. The maximum atomic E-state index is 6.22. The molecule has 1 aliphatic heterocycles.